The summed E-state index contributed by atoms with van der Waals surface area (Å²) < 4.78 is 3.99. The molecule has 0 aliphatic heterocycles. The maximum absolute atomic E-state index is 12.1. The molecule has 18 heavy (non-hydrogen) atoms. The summed E-state index contributed by atoms with van der Waals surface area (Å²) >= 11 is 1.42. The van der Waals surface area contributed by atoms with Crippen molar-refractivity contribution in [2.45, 2.75) is 13.1 Å². The second-order valence-corrected chi connectivity index (χ2v) is 4.83. The highest BCUT2D eigenvalue weighted by molar-refractivity contribution is 7.17. The topological polar surface area (TPSA) is 78.7 Å². The highest BCUT2D eigenvalue weighted by Gasteiger charge is 2.05. The van der Waals surface area contributed by atoms with E-state index in [9.17, 15) is 4.79 Å². The van der Waals surface area contributed by atoms with Crippen LogP contribution in [0.2, 0.25) is 0 Å². The Balaban J connectivity index is 1.86. The standard InChI is InChI=1S/C11H11N5OS/c12-8-5-14-16(6-8)3-2-15-7-13-9-1-4-18-10(9)11(15)17/h1,4-7H,2-3,12H2. The molecule has 0 fully saturated rings. The number of aromatic nitrogens is 4. The molecule has 2 N–H and O–H groups in total. The predicted octanol–water partition coefficient (Wildman–Crippen LogP) is 0.937. The van der Waals surface area contributed by atoms with Gasteiger partial charge in [0.05, 0.1) is 30.3 Å². The molecule has 0 bridgehead atoms. The Morgan fingerprint density at radius 3 is 3.06 bits per heavy atom. The molecule has 7 heteroatoms. The summed E-state index contributed by atoms with van der Waals surface area (Å²) in [6.07, 6.45) is 4.90. The number of nitrogen functional groups attached to an aromatic ring is 1. The maximum atomic E-state index is 12.1. The second kappa shape index (κ2) is 4.26. The lowest BCUT2D eigenvalue weighted by Crippen LogP contribution is -2.22. The lowest BCUT2D eigenvalue weighted by atomic mass is 10.4. The van der Waals surface area contributed by atoms with E-state index in [2.05, 4.69) is 10.1 Å². The fraction of sp³-hybridized carbons (Fsp3) is 0.182. The fourth-order valence-corrected chi connectivity index (χ4v) is 2.54. The van der Waals surface area contributed by atoms with E-state index in [1.54, 1.807) is 28.0 Å². The number of rotatable bonds is 3. The molecule has 3 heterocycles. The molecule has 0 aliphatic rings. The molecule has 0 spiro atoms. The molecule has 3 aromatic heterocycles. The van der Waals surface area contributed by atoms with Crippen LogP contribution in [0.3, 0.4) is 0 Å². The summed E-state index contributed by atoms with van der Waals surface area (Å²) in [6, 6.07) is 1.85. The molecule has 0 aliphatic carbocycles. The first-order chi connectivity index (χ1) is 8.74. The number of nitrogens with two attached hydrogens (primary N) is 1. The molecule has 0 amide bonds. The zero-order valence-corrected chi connectivity index (χ0v) is 10.3. The van der Waals surface area contributed by atoms with Gasteiger partial charge in [0.25, 0.3) is 5.56 Å². The lowest BCUT2D eigenvalue weighted by Gasteiger charge is -2.04. The zero-order chi connectivity index (χ0) is 12.5. The Morgan fingerprint density at radius 2 is 2.28 bits per heavy atom. The molecule has 0 atom stereocenters. The molecule has 0 aromatic carbocycles. The van der Waals surface area contributed by atoms with E-state index in [-0.39, 0.29) is 5.56 Å². The van der Waals surface area contributed by atoms with Gasteiger partial charge in [-0.25, -0.2) is 4.98 Å². The summed E-state index contributed by atoms with van der Waals surface area (Å²) in [5, 5.41) is 5.94. The highest BCUT2D eigenvalue weighted by atomic mass is 32.1. The number of hydrogen-bond donors (Lipinski definition) is 1. The van der Waals surface area contributed by atoms with Crippen molar-refractivity contribution in [3.8, 4) is 0 Å². The summed E-state index contributed by atoms with van der Waals surface area (Å²) in [6.45, 7) is 1.12. The van der Waals surface area contributed by atoms with Gasteiger partial charge in [0.1, 0.15) is 4.70 Å². The molecule has 0 radical (unpaired) electrons. The summed E-state index contributed by atoms with van der Waals surface area (Å²) in [5.41, 5.74) is 6.94. The van der Waals surface area contributed by atoms with Gasteiger partial charge in [0.15, 0.2) is 0 Å². The van der Waals surface area contributed by atoms with E-state index in [4.69, 9.17) is 5.73 Å². The van der Waals surface area contributed by atoms with Gasteiger partial charge < -0.3 is 5.73 Å². The number of hydrogen-bond acceptors (Lipinski definition) is 5. The predicted molar refractivity (Wildman–Crippen MR) is 70.5 cm³/mol. The first-order valence-corrected chi connectivity index (χ1v) is 6.32. The van der Waals surface area contributed by atoms with Gasteiger partial charge in [-0.3, -0.25) is 14.0 Å². The molecule has 3 aromatic rings. The lowest BCUT2D eigenvalue weighted by molar-refractivity contribution is 0.522. The van der Waals surface area contributed by atoms with Crippen LogP contribution in [-0.2, 0) is 13.1 Å². The van der Waals surface area contributed by atoms with Crippen molar-refractivity contribution in [3.05, 3.63) is 40.5 Å². The fourth-order valence-electron chi connectivity index (χ4n) is 1.75. The van der Waals surface area contributed by atoms with Crippen molar-refractivity contribution in [3.63, 3.8) is 0 Å². The van der Waals surface area contributed by atoms with E-state index >= 15 is 0 Å². The van der Waals surface area contributed by atoms with Gasteiger partial charge >= 0.3 is 0 Å². The number of thiophene rings is 1. The minimum absolute atomic E-state index is 0.00451. The van der Waals surface area contributed by atoms with Crippen LogP contribution >= 0.6 is 11.3 Å². The Morgan fingerprint density at radius 1 is 1.39 bits per heavy atom. The van der Waals surface area contributed by atoms with E-state index in [1.165, 1.54) is 11.3 Å². The molecule has 0 saturated heterocycles. The smallest absolute Gasteiger partial charge is 0.271 e. The Hall–Kier alpha value is -2.15. The number of anilines is 1. The average molecular weight is 261 g/mol. The van der Waals surface area contributed by atoms with Crippen LogP contribution in [0.1, 0.15) is 0 Å². The third-order valence-corrected chi connectivity index (χ3v) is 3.55. The van der Waals surface area contributed by atoms with E-state index in [0.29, 0.717) is 23.5 Å². The van der Waals surface area contributed by atoms with Gasteiger partial charge in [-0.1, -0.05) is 0 Å². The van der Waals surface area contributed by atoms with Crippen LogP contribution in [-0.4, -0.2) is 19.3 Å². The van der Waals surface area contributed by atoms with Crippen LogP contribution in [0.15, 0.2) is 35.0 Å². The Bertz CT molecular complexity index is 741. The van der Waals surface area contributed by atoms with E-state index < -0.39 is 0 Å². The van der Waals surface area contributed by atoms with Gasteiger partial charge in [0, 0.05) is 12.7 Å². The van der Waals surface area contributed by atoms with Crippen LogP contribution in [0.25, 0.3) is 10.2 Å². The van der Waals surface area contributed by atoms with Crippen molar-refractivity contribution in [2.24, 2.45) is 0 Å². The first kappa shape index (κ1) is 11.0. The van der Waals surface area contributed by atoms with Crippen molar-refractivity contribution in [1.29, 1.82) is 0 Å². The molecule has 6 nitrogen and oxygen atoms in total. The maximum Gasteiger partial charge on any atom is 0.271 e. The first-order valence-electron chi connectivity index (χ1n) is 5.44. The molecule has 0 unspecified atom stereocenters. The van der Waals surface area contributed by atoms with Crippen molar-refractivity contribution < 1.29 is 0 Å². The molecular formula is C11H11N5OS. The van der Waals surface area contributed by atoms with E-state index in [1.807, 2.05) is 11.4 Å². The van der Waals surface area contributed by atoms with Gasteiger partial charge in [0.2, 0.25) is 0 Å². The third kappa shape index (κ3) is 1.88. The molecular weight excluding hydrogens is 250 g/mol. The second-order valence-electron chi connectivity index (χ2n) is 3.91. The van der Waals surface area contributed by atoms with Crippen molar-refractivity contribution in [1.82, 2.24) is 19.3 Å². The number of nitrogens with zero attached hydrogens (tertiary/aromatic N) is 4. The minimum atomic E-state index is -0.00451. The summed E-state index contributed by atoms with van der Waals surface area (Å²) in [7, 11) is 0. The molecule has 3 rings (SSSR count). The Labute approximate surface area is 106 Å². The summed E-state index contributed by atoms with van der Waals surface area (Å²) in [4.78, 5) is 16.3. The largest absolute Gasteiger partial charge is 0.396 e. The van der Waals surface area contributed by atoms with Gasteiger partial charge in [-0.05, 0) is 11.4 Å². The SMILES string of the molecule is Nc1cnn(CCn2cnc3ccsc3c2=O)c1. The van der Waals surface area contributed by atoms with Crippen LogP contribution in [0, 0.1) is 0 Å². The highest BCUT2D eigenvalue weighted by Crippen LogP contribution is 2.13. The normalized spacial score (nSPS) is 11.1. The minimum Gasteiger partial charge on any atom is -0.396 e. The third-order valence-electron chi connectivity index (χ3n) is 2.66. The average Bonchev–Trinajstić information content (AvgIpc) is 2.97. The van der Waals surface area contributed by atoms with Crippen LogP contribution in [0.4, 0.5) is 5.69 Å². The number of fused-ring (bicyclic) bond motifs is 1. The molecule has 0 saturated carbocycles. The zero-order valence-electron chi connectivity index (χ0n) is 9.48. The Kier molecular flexibility index (Phi) is 2.60. The monoisotopic (exact) mass is 261 g/mol. The van der Waals surface area contributed by atoms with Gasteiger partial charge in [-0.15, -0.1) is 11.3 Å². The van der Waals surface area contributed by atoms with Crippen LogP contribution < -0.4 is 11.3 Å². The van der Waals surface area contributed by atoms with Gasteiger partial charge in [-0.2, -0.15) is 5.10 Å². The quantitative estimate of drug-likeness (QED) is 0.761. The van der Waals surface area contributed by atoms with Crippen molar-refractivity contribution in [2.75, 3.05) is 5.73 Å². The summed E-state index contributed by atoms with van der Waals surface area (Å²) in [5.74, 6) is 0. The van der Waals surface area contributed by atoms with Crippen molar-refractivity contribution >= 4 is 27.2 Å². The molecule has 92 valence electrons. The van der Waals surface area contributed by atoms with Crippen LogP contribution in [0.5, 0.6) is 0 Å². The number of aryl methyl sites for hydroxylation is 2. The van der Waals surface area contributed by atoms with E-state index in [0.717, 1.165) is 5.52 Å².